The highest BCUT2D eigenvalue weighted by Crippen LogP contribution is 2.45. The van der Waals surface area contributed by atoms with E-state index >= 15 is 0 Å². The number of hydrogen-bond acceptors (Lipinski definition) is 4. The van der Waals surface area contributed by atoms with Crippen molar-refractivity contribution in [1.29, 1.82) is 0 Å². The second kappa shape index (κ2) is 7.30. The van der Waals surface area contributed by atoms with Gasteiger partial charge in [-0.1, -0.05) is 61.4 Å². The lowest BCUT2D eigenvalue weighted by molar-refractivity contribution is -0.155. The second-order valence-electron chi connectivity index (χ2n) is 8.42. The zero-order valence-corrected chi connectivity index (χ0v) is 16.2. The summed E-state index contributed by atoms with van der Waals surface area (Å²) in [6.45, 7) is 0.243. The van der Waals surface area contributed by atoms with E-state index in [0.29, 0.717) is 0 Å². The number of carboxylic acids is 1. The monoisotopic (exact) mass is 391 g/mol. The molecule has 2 N–H and O–H groups in total. The summed E-state index contributed by atoms with van der Waals surface area (Å²) in [5.74, 6) is -1.89. The fraction of sp³-hybridized carbons (Fsp3) is 0.417. The Morgan fingerprint density at radius 3 is 2.24 bits per heavy atom. The Morgan fingerprint density at radius 1 is 0.966 bits per heavy atom. The van der Waals surface area contributed by atoms with Gasteiger partial charge in [0.2, 0.25) is 0 Å². The van der Waals surface area contributed by atoms with Gasteiger partial charge >= 0.3 is 11.9 Å². The zero-order chi connectivity index (χ0) is 20.0. The minimum atomic E-state index is -0.960. The number of rotatable bonds is 4. The van der Waals surface area contributed by atoms with E-state index in [1.165, 1.54) is 11.1 Å². The quantitative estimate of drug-likeness (QED) is 0.780. The summed E-state index contributed by atoms with van der Waals surface area (Å²) < 4.78 is 5.81. The van der Waals surface area contributed by atoms with Crippen LogP contribution in [0.5, 0.6) is 0 Å². The average molecular weight is 391 g/mol. The van der Waals surface area contributed by atoms with Gasteiger partial charge in [0.15, 0.2) is 0 Å². The average Bonchev–Trinajstić information content (AvgIpc) is 3.29. The molecule has 5 rings (SSSR count). The fourth-order valence-corrected chi connectivity index (χ4v) is 5.61. The van der Waals surface area contributed by atoms with E-state index in [4.69, 9.17) is 4.74 Å². The number of nitrogens with one attached hydrogen (secondary N) is 1. The van der Waals surface area contributed by atoms with Crippen molar-refractivity contribution in [2.45, 2.75) is 43.7 Å². The molecule has 5 nitrogen and oxygen atoms in total. The molecule has 5 heteroatoms. The molecule has 4 unspecified atom stereocenters. The molecule has 0 aromatic heterocycles. The number of esters is 1. The number of aliphatic carboxylic acids is 1. The van der Waals surface area contributed by atoms with Gasteiger partial charge in [0.05, 0.1) is 5.92 Å². The number of fused-ring (bicyclic) bond motifs is 4. The number of benzene rings is 2. The van der Waals surface area contributed by atoms with Gasteiger partial charge in [0.1, 0.15) is 12.6 Å². The maximum Gasteiger partial charge on any atom is 0.321 e. The molecule has 29 heavy (non-hydrogen) atoms. The Morgan fingerprint density at radius 2 is 1.59 bits per heavy atom. The Labute approximate surface area is 170 Å². The van der Waals surface area contributed by atoms with Gasteiger partial charge in [0.25, 0.3) is 0 Å². The predicted molar refractivity (Wildman–Crippen MR) is 108 cm³/mol. The first-order valence-electron chi connectivity index (χ1n) is 10.5. The molecule has 1 saturated carbocycles. The molecule has 0 bridgehead atoms. The number of carboxylic acid groups (broad SMARTS) is 1. The molecule has 2 aliphatic carbocycles. The maximum absolute atomic E-state index is 13.1. The smallest absolute Gasteiger partial charge is 0.321 e. The largest absolute Gasteiger partial charge is 0.480 e. The molecule has 150 valence electrons. The van der Waals surface area contributed by atoms with Gasteiger partial charge in [-0.3, -0.25) is 9.59 Å². The van der Waals surface area contributed by atoms with Crippen molar-refractivity contribution in [3.63, 3.8) is 0 Å². The van der Waals surface area contributed by atoms with E-state index in [-0.39, 0.29) is 30.5 Å². The van der Waals surface area contributed by atoms with E-state index in [1.807, 2.05) is 24.3 Å². The summed E-state index contributed by atoms with van der Waals surface area (Å²) in [4.78, 5) is 24.8. The van der Waals surface area contributed by atoms with Crippen LogP contribution in [0.4, 0.5) is 0 Å². The van der Waals surface area contributed by atoms with Crippen LogP contribution in [0.15, 0.2) is 48.5 Å². The van der Waals surface area contributed by atoms with E-state index in [9.17, 15) is 14.7 Å². The normalized spacial score (nSPS) is 27.7. The molecule has 0 spiro atoms. The number of hydrogen-bond donors (Lipinski definition) is 2. The Bertz CT molecular complexity index is 910. The SMILES string of the molecule is O=C(O)C1NC2CCCCC2C1C(=O)OCC1c2ccccc2-c2ccccc21. The van der Waals surface area contributed by atoms with Crippen LogP contribution in [0.2, 0.25) is 0 Å². The third kappa shape index (κ3) is 3.04. The summed E-state index contributed by atoms with van der Waals surface area (Å²) in [7, 11) is 0. The standard InChI is InChI=1S/C24H25NO4/c26-23(27)22-21(18-11-5-6-12-20(18)25-22)24(28)29-13-19-16-9-3-1-7-14(16)15-8-2-4-10-17(15)19/h1-4,7-10,18-22,25H,5-6,11-13H2,(H,26,27). The second-order valence-corrected chi connectivity index (χ2v) is 8.42. The van der Waals surface area contributed by atoms with Crippen LogP contribution in [-0.4, -0.2) is 35.7 Å². The fourth-order valence-electron chi connectivity index (χ4n) is 5.61. The Hall–Kier alpha value is -2.66. The van der Waals surface area contributed by atoms with Gasteiger partial charge < -0.3 is 15.2 Å². The maximum atomic E-state index is 13.1. The summed E-state index contributed by atoms with van der Waals surface area (Å²) in [6.07, 6.45) is 3.94. The highest BCUT2D eigenvalue weighted by molar-refractivity contribution is 5.85. The number of carbonyl (C=O) groups excluding carboxylic acids is 1. The van der Waals surface area contributed by atoms with E-state index in [2.05, 4.69) is 29.6 Å². The highest BCUT2D eigenvalue weighted by Gasteiger charge is 2.51. The molecule has 1 aliphatic heterocycles. The lowest BCUT2D eigenvalue weighted by atomic mass is 9.78. The molecule has 2 aromatic rings. The first-order chi connectivity index (χ1) is 14.1. The van der Waals surface area contributed by atoms with E-state index < -0.39 is 17.9 Å². The lowest BCUT2D eigenvalue weighted by Gasteiger charge is -2.27. The lowest BCUT2D eigenvalue weighted by Crippen LogP contribution is -2.41. The summed E-state index contributed by atoms with van der Waals surface area (Å²) in [6, 6.07) is 15.7. The first kappa shape index (κ1) is 18.4. The predicted octanol–water partition coefficient (Wildman–Crippen LogP) is 3.57. The van der Waals surface area contributed by atoms with Crippen molar-refractivity contribution >= 4 is 11.9 Å². The molecule has 4 atom stereocenters. The van der Waals surface area contributed by atoms with Gasteiger partial charge in [-0.25, -0.2) is 0 Å². The van der Waals surface area contributed by atoms with E-state index in [1.54, 1.807) is 0 Å². The molecular weight excluding hydrogens is 366 g/mol. The summed E-state index contributed by atoms with van der Waals surface area (Å²) in [5.41, 5.74) is 4.69. The van der Waals surface area contributed by atoms with E-state index in [0.717, 1.165) is 36.8 Å². The van der Waals surface area contributed by atoms with Gasteiger partial charge in [0, 0.05) is 12.0 Å². The van der Waals surface area contributed by atoms with Crippen LogP contribution in [0, 0.1) is 11.8 Å². The third-order valence-corrected chi connectivity index (χ3v) is 6.93. The van der Waals surface area contributed by atoms with Crippen molar-refractivity contribution in [2.75, 3.05) is 6.61 Å². The molecule has 0 radical (unpaired) electrons. The first-order valence-corrected chi connectivity index (χ1v) is 10.5. The molecule has 1 saturated heterocycles. The van der Waals surface area contributed by atoms with Crippen LogP contribution < -0.4 is 5.32 Å². The van der Waals surface area contributed by atoms with Crippen LogP contribution in [0.1, 0.15) is 42.7 Å². The van der Waals surface area contributed by atoms with Crippen molar-refractivity contribution in [1.82, 2.24) is 5.32 Å². The molecule has 1 heterocycles. The molecule has 2 aromatic carbocycles. The number of carbonyl (C=O) groups is 2. The van der Waals surface area contributed by atoms with Crippen molar-refractivity contribution < 1.29 is 19.4 Å². The third-order valence-electron chi connectivity index (χ3n) is 6.93. The van der Waals surface area contributed by atoms with Crippen LogP contribution in [-0.2, 0) is 14.3 Å². The molecule has 0 amide bonds. The molecular formula is C24H25NO4. The minimum absolute atomic E-state index is 0.00820. The minimum Gasteiger partial charge on any atom is -0.480 e. The zero-order valence-electron chi connectivity index (χ0n) is 16.2. The van der Waals surface area contributed by atoms with Crippen LogP contribution in [0.25, 0.3) is 11.1 Å². The van der Waals surface area contributed by atoms with Gasteiger partial charge in [-0.15, -0.1) is 0 Å². The van der Waals surface area contributed by atoms with Gasteiger partial charge in [-0.2, -0.15) is 0 Å². The van der Waals surface area contributed by atoms with Gasteiger partial charge in [-0.05, 0) is 41.0 Å². The summed E-state index contributed by atoms with van der Waals surface area (Å²) in [5, 5.41) is 12.8. The highest BCUT2D eigenvalue weighted by atomic mass is 16.5. The van der Waals surface area contributed by atoms with Crippen LogP contribution in [0.3, 0.4) is 0 Å². The molecule has 2 fully saturated rings. The topological polar surface area (TPSA) is 75.6 Å². The molecule has 3 aliphatic rings. The van der Waals surface area contributed by atoms with Crippen molar-refractivity contribution in [2.24, 2.45) is 11.8 Å². The van der Waals surface area contributed by atoms with Crippen molar-refractivity contribution in [3.8, 4) is 11.1 Å². The summed E-state index contributed by atoms with van der Waals surface area (Å²) >= 11 is 0. The van der Waals surface area contributed by atoms with Crippen molar-refractivity contribution in [3.05, 3.63) is 59.7 Å². The Balaban J connectivity index is 1.37. The Kier molecular flexibility index (Phi) is 4.63. The van der Waals surface area contributed by atoms with Crippen LogP contribution >= 0.6 is 0 Å². The number of ether oxygens (including phenoxy) is 1.